The lowest BCUT2D eigenvalue weighted by Gasteiger charge is -2.34. The van der Waals surface area contributed by atoms with Crippen LogP contribution in [0.15, 0.2) is 18.2 Å². The Kier molecular flexibility index (Phi) is 4.12. The van der Waals surface area contributed by atoms with E-state index in [9.17, 15) is 4.79 Å². The number of amides is 1. The topological polar surface area (TPSA) is 73.6 Å². The molecule has 2 aliphatic rings. The maximum Gasteiger partial charge on any atom is 0.232 e. The maximum atomic E-state index is 12.6. The minimum Gasteiger partial charge on any atom is -0.493 e. The van der Waals surface area contributed by atoms with Gasteiger partial charge in [0.05, 0.1) is 12.0 Å². The van der Waals surface area contributed by atoms with Crippen molar-refractivity contribution in [2.45, 2.75) is 25.7 Å². The normalized spacial score (nSPS) is 20.2. The molecule has 1 aromatic rings. The van der Waals surface area contributed by atoms with Crippen LogP contribution in [0.2, 0.25) is 0 Å². The number of hydrogen-bond donors (Lipinski definition) is 2. The molecule has 0 bridgehead atoms. The van der Waals surface area contributed by atoms with Crippen molar-refractivity contribution in [1.29, 1.82) is 0 Å². The molecule has 0 radical (unpaired) electrons. The van der Waals surface area contributed by atoms with E-state index >= 15 is 0 Å². The first-order chi connectivity index (χ1) is 10.2. The Hall–Kier alpha value is -1.59. The maximum absolute atomic E-state index is 12.6. The summed E-state index contributed by atoms with van der Waals surface area (Å²) in [7, 11) is 0. The lowest BCUT2D eigenvalue weighted by molar-refractivity contribution is -0.130. The molecule has 0 saturated carbocycles. The molecule has 1 saturated heterocycles. The summed E-state index contributed by atoms with van der Waals surface area (Å²) < 4.78 is 10.9. The van der Waals surface area contributed by atoms with Crippen LogP contribution in [0.25, 0.3) is 0 Å². The molecule has 5 nitrogen and oxygen atoms in total. The zero-order valence-electron chi connectivity index (χ0n) is 12.2. The highest BCUT2D eigenvalue weighted by Gasteiger charge is 2.38. The molecule has 0 unspecified atom stereocenters. The van der Waals surface area contributed by atoms with Gasteiger partial charge >= 0.3 is 0 Å². The molecular formula is C16H22N2O3. The Morgan fingerprint density at radius 3 is 2.86 bits per heavy atom. The van der Waals surface area contributed by atoms with Gasteiger partial charge in [0.2, 0.25) is 5.91 Å². The Morgan fingerprint density at radius 2 is 2.10 bits per heavy atom. The van der Waals surface area contributed by atoms with Crippen LogP contribution in [0.3, 0.4) is 0 Å². The summed E-state index contributed by atoms with van der Waals surface area (Å²) in [4.78, 5) is 12.6. The highest BCUT2D eigenvalue weighted by molar-refractivity contribution is 5.95. The van der Waals surface area contributed by atoms with Gasteiger partial charge in [-0.2, -0.15) is 0 Å². The molecule has 0 spiro atoms. The summed E-state index contributed by atoms with van der Waals surface area (Å²) in [6, 6.07) is 5.84. The minimum absolute atomic E-state index is 0.00461. The van der Waals surface area contributed by atoms with E-state index in [2.05, 4.69) is 5.32 Å². The Bertz CT molecular complexity index is 524. The number of rotatable bonds is 3. The zero-order chi connectivity index (χ0) is 14.7. The van der Waals surface area contributed by atoms with Gasteiger partial charge in [-0.25, -0.2) is 0 Å². The molecule has 0 atom stereocenters. The lowest BCUT2D eigenvalue weighted by Crippen LogP contribution is -2.46. The van der Waals surface area contributed by atoms with Crippen LogP contribution in [0.4, 0.5) is 5.69 Å². The smallest absolute Gasteiger partial charge is 0.232 e. The average molecular weight is 290 g/mol. The average Bonchev–Trinajstić information content (AvgIpc) is 2.55. The third kappa shape index (κ3) is 2.89. The summed E-state index contributed by atoms with van der Waals surface area (Å²) in [5, 5.41) is 3.02. The van der Waals surface area contributed by atoms with E-state index in [1.165, 1.54) is 0 Å². The highest BCUT2D eigenvalue weighted by Crippen LogP contribution is 2.32. The van der Waals surface area contributed by atoms with Crippen LogP contribution in [-0.2, 0) is 16.0 Å². The Balaban J connectivity index is 1.74. The van der Waals surface area contributed by atoms with E-state index in [-0.39, 0.29) is 5.91 Å². The number of fused-ring (bicyclic) bond motifs is 1. The number of hydrogen-bond acceptors (Lipinski definition) is 4. The van der Waals surface area contributed by atoms with Gasteiger partial charge < -0.3 is 20.5 Å². The number of nitrogens with two attached hydrogens (primary N) is 1. The van der Waals surface area contributed by atoms with Gasteiger partial charge in [-0.3, -0.25) is 4.79 Å². The number of aryl methyl sites for hydroxylation is 1. The van der Waals surface area contributed by atoms with Crippen LogP contribution >= 0.6 is 0 Å². The SMILES string of the molecule is NCC1(C(=O)Nc2ccc3c(c2)CCCO3)CCOCC1. The molecule has 21 heavy (non-hydrogen) atoms. The molecule has 5 heteroatoms. The second kappa shape index (κ2) is 6.03. The van der Waals surface area contributed by atoms with Crippen molar-refractivity contribution in [3.05, 3.63) is 23.8 Å². The third-order valence-electron chi connectivity index (χ3n) is 4.49. The second-order valence-electron chi connectivity index (χ2n) is 5.83. The highest BCUT2D eigenvalue weighted by atomic mass is 16.5. The van der Waals surface area contributed by atoms with E-state index in [0.717, 1.165) is 36.4 Å². The van der Waals surface area contributed by atoms with E-state index in [4.69, 9.17) is 15.2 Å². The number of carbonyl (C=O) groups is 1. The molecule has 1 amide bonds. The third-order valence-corrected chi connectivity index (χ3v) is 4.49. The number of anilines is 1. The van der Waals surface area contributed by atoms with Gasteiger partial charge in [0.15, 0.2) is 0 Å². The molecule has 1 aromatic carbocycles. The number of carbonyl (C=O) groups excluding carboxylic acids is 1. The fourth-order valence-electron chi connectivity index (χ4n) is 2.99. The summed E-state index contributed by atoms with van der Waals surface area (Å²) in [6.07, 6.45) is 3.39. The molecular weight excluding hydrogens is 268 g/mol. The largest absolute Gasteiger partial charge is 0.493 e. The summed E-state index contributed by atoms with van der Waals surface area (Å²) in [5.74, 6) is 0.934. The molecule has 114 valence electrons. The van der Waals surface area contributed by atoms with Gasteiger partial charge in [0.25, 0.3) is 0 Å². The van der Waals surface area contributed by atoms with E-state index in [1.54, 1.807) is 0 Å². The standard InChI is InChI=1S/C16H22N2O3/c17-11-16(5-8-20-9-6-16)15(19)18-13-3-4-14-12(10-13)2-1-7-21-14/h3-4,10H,1-2,5-9,11,17H2,(H,18,19). The van der Waals surface area contributed by atoms with Crippen LogP contribution in [-0.4, -0.2) is 32.3 Å². The fourth-order valence-corrected chi connectivity index (χ4v) is 2.99. The van der Waals surface area contributed by atoms with E-state index < -0.39 is 5.41 Å². The van der Waals surface area contributed by atoms with E-state index in [1.807, 2.05) is 18.2 Å². The van der Waals surface area contributed by atoms with Gasteiger partial charge in [-0.05, 0) is 49.4 Å². The fraction of sp³-hybridized carbons (Fsp3) is 0.562. The lowest BCUT2D eigenvalue weighted by atomic mass is 9.79. The van der Waals surface area contributed by atoms with Gasteiger partial charge in [-0.15, -0.1) is 0 Å². The van der Waals surface area contributed by atoms with Crippen molar-refractivity contribution in [2.75, 3.05) is 31.7 Å². The number of ether oxygens (including phenoxy) is 2. The van der Waals surface area contributed by atoms with Crippen molar-refractivity contribution >= 4 is 11.6 Å². The Labute approximate surface area is 124 Å². The molecule has 0 aromatic heterocycles. The summed E-state index contributed by atoms with van der Waals surface area (Å²) >= 11 is 0. The first-order valence-electron chi connectivity index (χ1n) is 7.58. The molecule has 3 N–H and O–H groups in total. The predicted molar refractivity (Wildman–Crippen MR) is 80.4 cm³/mol. The minimum atomic E-state index is -0.495. The van der Waals surface area contributed by atoms with Crippen LogP contribution in [0.1, 0.15) is 24.8 Å². The molecule has 3 rings (SSSR count). The van der Waals surface area contributed by atoms with Crippen molar-refractivity contribution < 1.29 is 14.3 Å². The van der Waals surface area contributed by atoms with Crippen molar-refractivity contribution in [2.24, 2.45) is 11.1 Å². The van der Waals surface area contributed by atoms with Crippen molar-refractivity contribution in [1.82, 2.24) is 0 Å². The first-order valence-corrected chi connectivity index (χ1v) is 7.58. The first kappa shape index (κ1) is 14.4. The second-order valence-corrected chi connectivity index (χ2v) is 5.83. The van der Waals surface area contributed by atoms with Crippen molar-refractivity contribution in [3.63, 3.8) is 0 Å². The van der Waals surface area contributed by atoms with Gasteiger partial charge in [-0.1, -0.05) is 0 Å². The predicted octanol–water partition coefficient (Wildman–Crippen LogP) is 1.71. The zero-order valence-corrected chi connectivity index (χ0v) is 12.2. The molecule has 1 fully saturated rings. The molecule has 2 heterocycles. The van der Waals surface area contributed by atoms with Gasteiger partial charge in [0.1, 0.15) is 5.75 Å². The molecule has 2 aliphatic heterocycles. The van der Waals surface area contributed by atoms with Gasteiger partial charge in [0, 0.05) is 25.4 Å². The number of nitrogens with one attached hydrogen (secondary N) is 1. The van der Waals surface area contributed by atoms with E-state index in [0.29, 0.717) is 32.6 Å². The van der Waals surface area contributed by atoms with Crippen molar-refractivity contribution in [3.8, 4) is 5.75 Å². The Morgan fingerprint density at radius 1 is 1.29 bits per heavy atom. The van der Waals surface area contributed by atoms with Crippen LogP contribution in [0, 0.1) is 5.41 Å². The number of benzene rings is 1. The quantitative estimate of drug-likeness (QED) is 0.888. The van der Waals surface area contributed by atoms with Crippen LogP contribution in [0.5, 0.6) is 5.75 Å². The summed E-state index contributed by atoms with van der Waals surface area (Å²) in [5.41, 5.74) is 7.35. The molecule has 0 aliphatic carbocycles. The summed E-state index contributed by atoms with van der Waals surface area (Å²) in [6.45, 7) is 2.33. The monoisotopic (exact) mass is 290 g/mol. The van der Waals surface area contributed by atoms with Crippen LogP contribution < -0.4 is 15.8 Å².